The molecule has 2 atom stereocenters. The molecule has 0 bridgehead atoms. The Morgan fingerprint density at radius 3 is 2.60 bits per heavy atom. The molecule has 0 aromatic carbocycles. The Morgan fingerprint density at radius 2 is 2.15 bits per heavy atom. The maximum absolute atomic E-state index is 12.3. The topological polar surface area (TPSA) is 78.9 Å². The van der Waals surface area contributed by atoms with Gasteiger partial charge in [0.2, 0.25) is 5.79 Å². The van der Waals surface area contributed by atoms with Gasteiger partial charge in [-0.2, -0.15) is 0 Å². The van der Waals surface area contributed by atoms with Crippen LogP contribution in [0.1, 0.15) is 40.0 Å². The molecule has 2 fully saturated rings. The summed E-state index contributed by atoms with van der Waals surface area (Å²) in [5.41, 5.74) is -0.661. The third-order valence-electron chi connectivity index (χ3n) is 4.10. The van der Waals surface area contributed by atoms with Crippen LogP contribution in [0.2, 0.25) is 0 Å². The second kappa shape index (κ2) is 5.16. The molecule has 0 aromatic heterocycles. The van der Waals surface area contributed by atoms with Crippen molar-refractivity contribution in [3.63, 3.8) is 0 Å². The molecule has 0 N–H and O–H groups in total. The van der Waals surface area contributed by atoms with Gasteiger partial charge in [-0.1, -0.05) is 6.92 Å². The lowest BCUT2D eigenvalue weighted by molar-refractivity contribution is -0.242. The zero-order chi connectivity index (χ0) is 15.0. The fourth-order valence-corrected chi connectivity index (χ4v) is 2.23. The van der Waals surface area contributed by atoms with E-state index in [9.17, 15) is 14.4 Å². The Labute approximate surface area is 117 Å². The molecule has 0 spiro atoms. The van der Waals surface area contributed by atoms with Crippen LogP contribution < -0.4 is 0 Å². The number of ketones is 1. The molecule has 0 amide bonds. The molecule has 0 saturated carbocycles. The largest absolute Gasteiger partial charge is 0.465 e. The van der Waals surface area contributed by atoms with Gasteiger partial charge in [-0.15, -0.1) is 0 Å². The van der Waals surface area contributed by atoms with E-state index >= 15 is 0 Å². The third-order valence-corrected chi connectivity index (χ3v) is 4.10. The van der Waals surface area contributed by atoms with Crippen LogP contribution in [0.4, 0.5) is 0 Å². The first-order chi connectivity index (χ1) is 9.29. The number of ether oxygens (including phenoxy) is 3. The van der Waals surface area contributed by atoms with Crippen LogP contribution in [-0.2, 0) is 28.6 Å². The Kier molecular flexibility index (Phi) is 3.86. The normalized spacial score (nSPS) is 30.4. The SMILES string of the molecule is CCC(C)(C)C(=O)OC1(C2COC(=O)C2)CC(=O)CO1. The molecule has 0 aliphatic carbocycles. The van der Waals surface area contributed by atoms with Crippen molar-refractivity contribution in [3.8, 4) is 0 Å². The lowest BCUT2D eigenvalue weighted by Gasteiger charge is -2.34. The number of carbonyl (C=O) groups excluding carboxylic acids is 3. The average molecular weight is 284 g/mol. The summed E-state index contributed by atoms with van der Waals surface area (Å²) in [7, 11) is 0. The molecule has 6 nitrogen and oxygen atoms in total. The Bertz CT molecular complexity index is 441. The van der Waals surface area contributed by atoms with Crippen LogP contribution >= 0.6 is 0 Å². The Morgan fingerprint density at radius 1 is 1.45 bits per heavy atom. The van der Waals surface area contributed by atoms with Gasteiger partial charge in [0.15, 0.2) is 5.78 Å². The van der Waals surface area contributed by atoms with Crippen molar-refractivity contribution in [2.45, 2.75) is 45.8 Å². The van der Waals surface area contributed by atoms with E-state index in [0.717, 1.165) is 0 Å². The Hall–Kier alpha value is -1.43. The predicted molar refractivity (Wildman–Crippen MR) is 67.5 cm³/mol. The first-order valence-electron chi connectivity index (χ1n) is 6.84. The molecule has 2 aliphatic rings. The minimum atomic E-state index is -1.34. The standard InChI is InChI=1S/C14H20O6/c1-4-13(2,3)12(17)20-14(6-10(15)8-19-14)9-5-11(16)18-7-9/h9H,4-8H2,1-3H3. The van der Waals surface area contributed by atoms with Gasteiger partial charge in [-0.25, -0.2) is 0 Å². The zero-order valence-electron chi connectivity index (χ0n) is 12.1. The minimum absolute atomic E-state index is 0.0140. The minimum Gasteiger partial charge on any atom is -0.465 e. The molecule has 2 heterocycles. The van der Waals surface area contributed by atoms with Crippen molar-refractivity contribution in [2.24, 2.45) is 11.3 Å². The van der Waals surface area contributed by atoms with Crippen molar-refractivity contribution >= 4 is 17.7 Å². The van der Waals surface area contributed by atoms with Gasteiger partial charge >= 0.3 is 11.9 Å². The number of hydrogen-bond acceptors (Lipinski definition) is 6. The second-order valence-electron chi connectivity index (χ2n) is 6.03. The second-order valence-corrected chi connectivity index (χ2v) is 6.03. The first kappa shape index (κ1) is 15.0. The lowest BCUT2D eigenvalue weighted by atomic mass is 9.89. The van der Waals surface area contributed by atoms with E-state index in [1.807, 2.05) is 6.92 Å². The fourth-order valence-electron chi connectivity index (χ4n) is 2.23. The van der Waals surface area contributed by atoms with E-state index < -0.39 is 23.1 Å². The smallest absolute Gasteiger partial charge is 0.314 e. The van der Waals surface area contributed by atoms with E-state index in [1.54, 1.807) is 13.8 Å². The van der Waals surface area contributed by atoms with Crippen molar-refractivity contribution in [2.75, 3.05) is 13.2 Å². The highest BCUT2D eigenvalue weighted by Crippen LogP contribution is 2.39. The van der Waals surface area contributed by atoms with E-state index in [1.165, 1.54) is 0 Å². The number of rotatable bonds is 4. The van der Waals surface area contributed by atoms with E-state index in [2.05, 4.69) is 0 Å². The van der Waals surface area contributed by atoms with Gasteiger partial charge in [0.05, 0.1) is 24.2 Å². The summed E-state index contributed by atoms with van der Waals surface area (Å²) in [5, 5.41) is 0. The third kappa shape index (κ3) is 2.70. The number of esters is 2. The van der Waals surface area contributed by atoms with E-state index in [4.69, 9.17) is 14.2 Å². The van der Waals surface area contributed by atoms with Crippen molar-refractivity contribution in [1.29, 1.82) is 0 Å². The van der Waals surface area contributed by atoms with Gasteiger partial charge in [0, 0.05) is 0 Å². The average Bonchev–Trinajstić information content (AvgIpc) is 2.97. The van der Waals surface area contributed by atoms with Crippen LogP contribution in [-0.4, -0.2) is 36.7 Å². The molecule has 2 aliphatic heterocycles. The quantitative estimate of drug-likeness (QED) is 0.722. The molecule has 6 heteroatoms. The summed E-state index contributed by atoms with van der Waals surface area (Å²) in [6.07, 6.45) is 0.697. The first-order valence-corrected chi connectivity index (χ1v) is 6.84. The van der Waals surface area contributed by atoms with Crippen LogP contribution in [0.3, 0.4) is 0 Å². The Balaban J connectivity index is 2.18. The molecular weight excluding hydrogens is 264 g/mol. The van der Waals surface area contributed by atoms with Crippen LogP contribution in [0.25, 0.3) is 0 Å². The number of cyclic esters (lactones) is 1. The maximum atomic E-state index is 12.3. The summed E-state index contributed by atoms with van der Waals surface area (Å²) in [6, 6.07) is 0. The van der Waals surface area contributed by atoms with E-state index in [0.29, 0.717) is 6.42 Å². The molecule has 2 saturated heterocycles. The van der Waals surface area contributed by atoms with Crippen LogP contribution in [0.5, 0.6) is 0 Å². The summed E-state index contributed by atoms with van der Waals surface area (Å²) in [4.78, 5) is 35.1. The van der Waals surface area contributed by atoms with Gasteiger partial charge in [0.25, 0.3) is 0 Å². The molecule has 2 unspecified atom stereocenters. The lowest BCUT2D eigenvalue weighted by Crippen LogP contribution is -2.45. The zero-order valence-corrected chi connectivity index (χ0v) is 12.1. The van der Waals surface area contributed by atoms with Gasteiger partial charge in [-0.3, -0.25) is 14.4 Å². The maximum Gasteiger partial charge on any atom is 0.314 e. The number of Topliss-reactive ketones (excluding diaryl/α,β-unsaturated/α-hetero) is 1. The highest BCUT2D eigenvalue weighted by Gasteiger charge is 2.54. The molecule has 0 aromatic rings. The highest BCUT2D eigenvalue weighted by molar-refractivity contribution is 5.84. The molecule has 0 radical (unpaired) electrons. The number of carbonyl (C=O) groups is 3. The van der Waals surface area contributed by atoms with Crippen LogP contribution in [0, 0.1) is 11.3 Å². The molecule has 20 heavy (non-hydrogen) atoms. The van der Waals surface area contributed by atoms with E-state index in [-0.39, 0.29) is 37.8 Å². The molecular formula is C14H20O6. The van der Waals surface area contributed by atoms with Crippen molar-refractivity contribution in [3.05, 3.63) is 0 Å². The monoisotopic (exact) mass is 284 g/mol. The van der Waals surface area contributed by atoms with Crippen molar-refractivity contribution < 1.29 is 28.6 Å². The summed E-state index contributed by atoms with van der Waals surface area (Å²) < 4.78 is 15.9. The van der Waals surface area contributed by atoms with Gasteiger partial charge in [-0.05, 0) is 20.3 Å². The summed E-state index contributed by atoms with van der Waals surface area (Å²) in [5.74, 6) is -2.67. The number of hydrogen-bond donors (Lipinski definition) is 0. The van der Waals surface area contributed by atoms with Crippen molar-refractivity contribution in [1.82, 2.24) is 0 Å². The fraction of sp³-hybridized carbons (Fsp3) is 0.786. The molecule has 2 rings (SSSR count). The molecule has 112 valence electrons. The highest BCUT2D eigenvalue weighted by atomic mass is 16.7. The van der Waals surface area contributed by atoms with Gasteiger partial charge < -0.3 is 14.2 Å². The van der Waals surface area contributed by atoms with Gasteiger partial charge in [0.1, 0.15) is 13.2 Å². The van der Waals surface area contributed by atoms with Crippen LogP contribution in [0.15, 0.2) is 0 Å². The summed E-state index contributed by atoms with van der Waals surface area (Å²) in [6.45, 7) is 5.46. The predicted octanol–water partition coefficient (Wildman–Crippen LogP) is 1.21. The summed E-state index contributed by atoms with van der Waals surface area (Å²) >= 11 is 0.